The summed E-state index contributed by atoms with van der Waals surface area (Å²) in [7, 11) is 0. The molecule has 0 N–H and O–H groups in total. The molecule has 0 aromatic carbocycles. The van der Waals surface area contributed by atoms with Crippen molar-refractivity contribution in [2.24, 2.45) is 0 Å². The quantitative estimate of drug-likeness (QED) is 0.832. The highest BCUT2D eigenvalue weighted by molar-refractivity contribution is 5.94. The van der Waals surface area contributed by atoms with Crippen LogP contribution in [0, 0.1) is 13.8 Å². The van der Waals surface area contributed by atoms with Crippen LogP contribution in [0.15, 0.2) is 4.52 Å². The Balaban J connectivity index is 2.17. The number of carbonyl (C=O) groups excluding carboxylic acids is 2. The molecule has 1 saturated heterocycles. The van der Waals surface area contributed by atoms with E-state index in [0.29, 0.717) is 18.8 Å². The van der Waals surface area contributed by atoms with E-state index in [4.69, 9.17) is 4.52 Å². The number of carbonyl (C=O) groups is 2. The minimum atomic E-state index is -0.434. The Hall–Kier alpha value is -1.85. The van der Waals surface area contributed by atoms with E-state index in [-0.39, 0.29) is 18.4 Å². The molecule has 2 rings (SSSR count). The summed E-state index contributed by atoms with van der Waals surface area (Å²) in [5.74, 6) is 0.690. The molecular weight excluding hydrogens is 258 g/mol. The van der Waals surface area contributed by atoms with Crippen LogP contribution >= 0.6 is 0 Å². The van der Waals surface area contributed by atoms with Crippen LogP contribution < -0.4 is 0 Å². The maximum atomic E-state index is 12.3. The molecule has 0 unspecified atom stereocenters. The van der Waals surface area contributed by atoms with Gasteiger partial charge in [-0.1, -0.05) is 12.1 Å². The molecule has 20 heavy (non-hydrogen) atoms. The van der Waals surface area contributed by atoms with Crippen molar-refractivity contribution >= 4 is 11.8 Å². The van der Waals surface area contributed by atoms with Crippen LogP contribution in [-0.2, 0) is 16.1 Å². The topological polar surface area (TPSA) is 66.7 Å². The SMILES string of the molecule is CCCN1CC(=O)N(Cc2c(C)noc2C)[C@@H](C)C1=O. The molecule has 1 aliphatic rings. The van der Waals surface area contributed by atoms with Crippen LogP contribution in [0.3, 0.4) is 0 Å². The van der Waals surface area contributed by atoms with Crippen molar-refractivity contribution in [2.75, 3.05) is 13.1 Å². The molecule has 1 aromatic rings. The third-order valence-electron chi connectivity index (χ3n) is 3.79. The van der Waals surface area contributed by atoms with Gasteiger partial charge in [0.05, 0.1) is 18.8 Å². The average molecular weight is 279 g/mol. The van der Waals surface area contributed by atoms with E-state index in [2.05, 4.69) is 5.16 Å². The molecule has 0 radical (unpaired) electrons. The summed E-state index contributed by atoms with van der Waals surface area (Å²) in [5, 5.41) is 3.89. The third kappa shape index (κ3) is 2.55. The van der Waals surface area contributed by atoms with Gasteiger partial charge in [0, 0.05) is 12.1 Å². The first-order valence-corrected chi connectivity index (χ1v) is 6.95. The Morgan fingerprint density at radius 1 is 1.35 bits per heavy atom. The fourth-order valence-electron chi connectivity index (χ4n) is 2.53. The van der Waals surface area contributed by atoms with Crippen LogP contribution in [0.5, 0.6) is 0 Å². The molecule has 1 fully saturated rings. The summed E-state index contributed by atoms with van der Waals surface area (Å²) in [6.45, 7) is 8.62. The van der Waals surface area contributed by atoms with Gasteiger partial charge in [0.15, 0.2) is 0 Å². The smallest absolute Gasteiger partial charge is 0.245 e. The largest absolute Gasteiger partial charge is 0.361 e. The number of aryl methyl sites for hydroxylation is 2. The number of piperazine rings is 1. The molecule has 2 amide bonds. The monoisotopic (exact) mass is 279 g/mol. The maximum Gasteiger partial charge on any atom is 0.245 e. The Morgan fingerprint density at radius 3 is 2.60 bits per heavy atom. The lowest BCUT2D eigenvalue weighted by Gasteiger charge is -2.38. The van der Waals surface area contributed by atoms with E-state index in [1.54, 1.807) is 16.7 Å². The van der Waals surface area contributed by atoms with E-state index in [9.17, 15) is 9.59 Å². The predicted molar refractivity (Wildman–Crippen MR) is 72.9 cm³/mol. The second-order valence-electron chi connectivity index (χ2n) is 5.26. The van der Waals surface area contributed by atoms with Crippen molar-refractivity contribution in [1.29, 1.82) is 0 Å². The summed E-state index contributed by atoms with van der Waals surface area (Å²) in [5.41, 5.74) is 1.66. The van der Waals surface area contributed by atoms with Gasteiger partial charge in [-0.15, -0.1) is 0 Å². The van der Waals surface area contributed by atoms with Crippen LogP contribution in [0.2, 0.25) is 0 Å². The summed E-state index contributed by atoms with van der Waals surface area (Å²) >= 11 is 0. The van der Waals surface area contributed by atoms with Gasteiger partial charge in [-0.25, -0.2) is 0 Å². The molecule has 0 aliphatic carbocycles. The van der Waals surface area contributed by atoms with Crippen molar-refractivity contribution in [3.05, 3.63) is 17.0 Å². The van der Waals surface area contributed by atoms with Crippen LogP contribution in [0.4, 0.5) is 0 Å². The summed E-state index contributed by atoms with van der Waals surface area (Å²) < 4.78 is 5.11. The lowest BCUT2D eigenvalue weighted by atomic mass is 10.1. The van der Waals surface area contributed by atoms with Gasteiger partial charge >= 0.3 is 0 Å². The maximum absolute atomic E-state index is 12.3. The fourth-order valence-corrected chi connectivity index (χ4v) is 2.53. The van der Waals surface area contributed by atoms with Crippen molar-refractivity contribution in [1.82, 2.24) is 15.0 Å². The van der Waals surface area contributed by atoms with Crippen LogP contribution in [0.25, 0.3) is 0 Å². The number of aromatic nitrogens is 1. The Bertz CT molecular complexity index is 504. The second kappa shape index (κ2) is 5.64. The molecule has 1 atom stereocenters. The second-order valence-corrected chi connectivity index (χ2v) is 5.26. The zero-order chi connectivity index (χ0) is 14.9. The number of hydrogen-bond donors (Lipinski definition) is 0. The van der Waals surface area contributed by atoms with E-state index >= 15 is 0 Å². The highest BCUT2D eigenvalue weighted by Crippen LogP contribution is 2.20. The van der Waals surface area contributed by atoms with Crippen molar-refractivity contribution < 1.29 is 14.1 Å². The van der Waals surface area contributed by atoms with Crippen LogP contribution in [-0.4, -0.2) is 45.9 Å². The number of amides is 2. The molecule has 110 valence electrons. The lowest BCUT2D eigenvalue weighted by Crippen LogP contribution is -2.58. The van der Waals surface area contributed by atoms with Crippen molar-refractivity contribution in [3.8, 4) is 0 Å². The highest BCUT2D eigenvalue weighted by Gasteiger charge is 2.36. The first-order valence-electron chi connectivity index (χ1n) is 6.95. The lowest BCUT2D eigenvalue weighted by molar-refractivity contribution is -0.155. The Labute approximate surface area is 118 Å². The fraction of sp³-hybridized carbons (Fsp3) is 0.643. The molecule has 2 heterocycles. The number of hydrogen-bond acceptors (Lipinski definition) is 4. The zero-order valence-electron chi connectivity index (χ0n) is 12.5. The van der Waals surface area contributed by atoms with Gasteiger partial charge in [0.2, 0.25) is 11.8 Å². The molecule has 6 nitrogen and oxygen atoms in total. The van der Waals surface area contributed by atoms with Gasteiger partial charge in [0.1, 0.15) is 11.8 Å². The minimum absolute atomic E-state index is 0.0122. The van der Waals surface area contributed by atoms with Crippen LogP contribution in [0.1, 0.15) is 37.3 Å². The summed E-state index contributed by atoms with van der Waals surface area (Å²) in [6.07, 6.45) is 0.857. The van der Waals surface area contributed by atoms with E-state index < -0.39 is 6.04 Å². The van der Waals surface area contributed by atoms with Gasteiger partial charge in [0.25, 0.3) is 0 Å². The molecule has 1 aliphatic heterocycles. The zero-order valence-corrected chi connectivity index (χ0v) is 12.5. The molecule has 1 aromatic heterocycles. The van der Waals surface area contributed by atoms with E-state index in [1.807, 2.05) is 20.8 Å². The van der Waals surface area contributed by atoms with E-state index in [1.165, 1.54) is 0 Å². The van der Waals surface area contributed by atoms with Gasteiger partial charge in [-0.05, 0) is 27.2 Å². The van der Waals surface area contributed by atoms with Gasteiger partial charge < -0.3 is 14.3 Å². The molecule has 0 saturated carbocycles. The van der Waals surface area contributed by atoms with Gasteiger partial charge in [-0.2, -0.15) is 0 Å². The van der Waals surface area contributed by atoms with Crippen molar-refractivity contribution in [2.45, 2.75) is 46.7 Å². The predicted octanol–water partition coefficient (Wildman–Crippen LogP) is 1.26. The van der Waals surface area contributed by atoms with Crippen molar-refractivity contribution in [3.63, 3.8) is 0 Å². The average Bonchev–Trinajstić information content (AvgIpc) is 2.72. The first-order chi connectivity index (χ1) is 9.45. The Kier molecular flexibility index (Phi) is 4.11. The summed E-state index contributed by atoms with van der Waals surface area (Å²) in [6, 6.07) is -0.434. The molecule has 0 spiro atoms. The normalized spacial score (nSPS) is 19.9. The standard InChI is InChI=1S/C14H21N3O3/c1-5-6-16-8-13(18)17(10(3)14(16)19)7-12-9(2)15-20-11(12)4/h10H,5-8H2,1-4H3/t10-/m0/s1. The van der Waals surface area contributed by atoms with Gasteiger partial charge in [-0.3, -0.25) is 9.59 Å². The highest BCUT2D eigenvalue weighted by atomic mass is 16.5. The number of rotatable bonds is 4. The Morgan fingerprint density at radius 2 is 2.05 bits per heavy atom. The molecular formula is C14H21N3O3. The summed E-state index contributed by atoms with van der Waals surface area (Å²) in [4.78, 5) is 27.8. The number of nitrogens with zero attached hydrogens (tertiary/aromatic N) is 3. The minimum Gasteiger partial charge on any atom is -0.361 e. The van der Waals surface area contributed by atoms with E-state index in [0.717, 1.165) is 17.7 Å². The first kappa shape index (κ1) is 14.6. The molecule has 6 heteroatoms. The third-order valence-corrected chi connectivity index (χ3v) is 3.79. The molecule has 0 bridgehead atoms.